The lowest BCUT2D eigenvalue weighted by molar-refractivity contribution is -0.131. The van der Waals surface area contributed by atoms with Gasteiger partial charge in [0, 0.05) is 34.9 Å². The lowest BCUT2D eigenvalue weighted by Crippen LogP contribution is -2.27. The summed E-state index contributed by atoms with van der Waals surface area (Å²) < 4.78 is 29.8. The Morgan fingerprint density at radius 2 is 2.09 bits per heavy atom. The number of hydrogen-bond donors (Lipinski definition) is 2. The van der Waals surface area contributed by atoms with Gasteiger partial charge in [-0.25, -0.2) is 13.2 Å². The monoisotopic (exact) mass is 466 g/mol. The summed E-state index contributed by atoms with van der Waals surface area (Å²) in [6.07, 6.45) is 5.08. The van der Waals surface area contributed by atoms with Gasteiger partial charge in [-0.15, -0.1) is 0 Å². The Morgan fingerprint density at radius 3 is 2.79 bits per heavy atom. The molecule has 1 amide bonds. The van der Waals surface area contributed by atoms with Crippen LogP contribution in [0.2, 0.25) is 0 Å². The van der Waals surface area contributed by atoms with Crippen LogP contribution in [0.5, 0.6) is 5.75 Å². The molecule has 1 saturated carbocycles. The van der Waals surface area contributed by atoms with Gasteiger partial charge in [-0.05, 0) is 55.2 Å². The molecule has 2 aliphatic rings. The molecule has 0 unspecified atom stereocenters. The van der Waals surface area contributed by atoms with Gasteiger partial charge >= 0.3 is 5.97 Å². The van der Waals surface area contributed by atoms with E-state index >= 15 is 0 Å². The first-order valence-electron chi connectivity index (χ1n) is 10.3. The normalized spacial score (nSPS) is 21.2. The molecule has 8 nitrogen and oxygen atoms in total. The van der Waals surface area contributed by atoms with Crippen molar-refractivity contribution >= 4 is 27.4 Å². The van der Waals surface area contributed by atoms with E-state index in [-0.39, 0.29) is 23.1 Å². The van der Waals surface area contributed by atoms with Gasteiger partial charge in [-0.3, -0.25) is 4.79 Å². The van der Waals surface area contributed by atoms with Gasteiger partial charge in [0.1, 0.15) is 5.75 Å². The Kier molecular flexibility index (Phi) is 5.72. The number of nitrogens with zero attached hydrogens (tertiary/aromatic N) is 1. The molecule has 33 heavy (non-hydrogen) atoms. The molecule has 1 fully saturated rings. The minimum absolute atomic E-state index is 0.186. The number of fused-ring (bicyclic) bond motifs is 2. The number of nitriles is 1. The average Bonchev–Trinajstić information content (AvgIpc) is 3.48. The van der Waals surface area contributed by atoms with Crippen molar-refractivity contribution in [1.29, 1.82) is 5.26 Å². The number of aliphatic carboxylic acids is 1. The summed E-state index contributed by atoms with van der Waals surface area (Å²) in [5.41, 5.74) is 1.74. The van der Waals surface area contributed by atoms with Gasteiger partial charge < -0.3 is 15.2 Å². The Balaban J connectivity index is 1.60. The van der Waals surface area contributed by atoms with Crippen molar-refractivity contribution in [2.45, 2.75) is 29.6 Å². The maximum Gasteiger partial charge on any atom is 0.327 e. The van der Waals surface area contributed by atoms with Crippen molar-refractivity contribution in [2.75, 3.05) is 18.2 Å². The van der Waals surface area contributed by atoms with Crippen molar-refractivity contribution < 1.29 is 27.9 Å². The summed E-state index contributed by atoms with van der Waals surface area (Å²) >= 11 is 0. The lowest BCUT2D eigenvalue weighted by atomic mass is 9.87. The third kappa shape index (κ3) is 4.47. The van der Waals surface area contributed by atoms with Crippen LogP contribution in [0.3, 0.4) is 0 Å². The number of carboxylic acid groups (broad SMARTS) is 1. The van der Waals surface area contributed by atoms with Crippen molar-refractivity contribution in [2.24, 2.45) is 5.92 Å². The topological polar surface area (TPSA) is 134 Å². The first kappa shape index (κ1) is 22.6. The van der Waals surface area contributed by atoms with Crippen LogP contribution >= 0.6 is 0 Å². The molecular weight excluding hydrogens is 444 g/mol. The van der Waals surface area contributed by atoms with Gasteiger partial charge in [0.05, 0.1) is 23.1 Å². The van der Waals surface area contributed by atoms with Crippen LogP contribution in [0.4, 0.5) is 5.69 Å². The fourth-order valence-electron chi connectivity index (χ4n) is 4.40. The summed E-state index contributed by atoms with van der Waals surface area (Å²) in [4.78, 5) is 24.2. The second-order valence-electron chi connectivity index (χ2n) is 8.36. The molecule has 2 N–H and O–H groups in total. The van der Waals surface area contributed by atoms with Gasteiger partial charge in [-0.1, -0.05) is 12.1 Å². The number of rotatable bonds is 6. The lowest BCUT2D eigenvalue weighted by Gasteiger charge is -2.27. The molecule has 2 aromatic rings. The number of carboxylic acids is 1. The zero-order valence-corrected chi connectivity index (χ0v) is 18.7. The number of carbonyl (C=O) groups is 2. The minimum atomic E-state index is -3.41. The summed E-state index contributed by atoms with van der Waals surface area (Å²) in [5, 5.41) is 21.0. The number of carbonyl (C=O) groups excluding carboxylic acids is 1. The second kappa shape index (κ2) is 8.37. The van der Waals surface area contributed by atoms with E-state index in [9.17, 15) is 23.3 Å². The molecule has 170 valence electrons. The van der Waals surface area contributed by atoms with E-state index < -0.39 is 21.2 Å². The highest BCUT2D eigenvalue weighted by Gasteiger charge is 2.61. The van der Waals surface area contributed by atoms with Crippen LogP contribution in [0.1, 0.15) is 29.5 Å². The van der Waals surface area contributed by atoms with Gasteiger partial charge in [-0.2, -0.15) is 5.26 Å². The highest BCUT2D eigenvalue weighted by atomic mass is 32.2. The van der Waals surface area contributed by atoms with Crippen LogP contribution in [0, 0.1) is 17.2 Å². The number of benzene rings is 2. The summed E-state index contributed by atoms with van der Waals surface area (Å²) in [5.74, 6) is -1.08. The number of nitrogens with one attached hydrogen (secondary N) is 1. The number of amides is 1. The third-order valence-electron chi connectivity index (χ3n) is 6.21. The summed E-state index contributed by atoms with van der Waals surface area (Å²) in [7, 11) is -3.41. The molecular formula is C24H22N2O6S. The van der Waals surface area contributed by atoms with Crippen molar-refractivity contribution in [1.82, 2.24) is 0 Å². The zero-order chi connectivity index (χ0) is 23.8. The van der Waals surface area contributed by atoms with Crippen LogP contribution in [0.25, 0.3) is 0 Å². The predicted molar refractivity (Wildman–Crippen MR) is 120 cm³/mol. The number of sulfone groups is 1. The van der Waals surface area contributed by atoms with Crippen molar-refractivity contribution in [3.63, 3.8) is 0 Å². The van der Waals surface area contributed by atoms with E-state index in [0.29, 0.717) is 42.0 Å². The highest BCUT2D eigenvalue weighted by molar-refractivity contribution is 7.90. The van der Waals surface area contributed by atoms with E-state index in [1.165, 1.54) is 12.1 Å². The molecule has 2 atom stereocenters. The first-order valence-corrected chi connectivity index (χ1v) is 12.2. The van der Waals surface area contributed by atoms with E-state index in [1.807, 2.05) is 6.07 Å². The Bertz CT molecular complexity index is 1320. The Morgan fingerprint density at radius 1 is 1.30 bits per heavy atom. The van der Waals surface area contributed by atoms with E-state index in [2.05, 4.69) is 5.32 Å². The van der Waals surface area contributed by atoms with Crippen LogP contribution in [-0.4, -0.2) is 38.3 Å². The van der Waals surface area contributed by atoms with Gasteiger partial charge in [0.25, 0.3) is 0 Å². The van der Waals surface area contributed by atoms with E-state index in [0.717, 1.165) is 17.9 Å². The summed E-state index contributed by atoms with van der Waals surface area (Å²) in [6.45, 7) is 0.435. The maximum atomic E-state index is 13.2. The SMILES string of the molecule is CS(=O)(=O)c1ccc2c(c1)[C@]1(CCO2)C[C@H]1C(=O)Nc1cc(C#N)ccc1CC=CC(=O)O. The molecule has 1 heterocycles. The minimum Gasteiger partial charge on any atom is -0.493 e. The number of allylic oxidation sites excluding steroid dienone is 1. The quantitative estimate of drug-likeness (QED) is 0.625. The van der Waals surface area contributed by atoms with Crippen LogP contribution < -0.4 is 10.1 Å². The molecule has 9 heteroatoms. The Labute approximate surface area is 191 Å². The van der Waals surface area contributed by atoms with E-state index in [1.54, 1.807) is 30.3 Å². The molecule has 1 aliphatic heterocycles. The molecule has 0 bridgehead atoms. The molecule has 2 aromatic carbocycles. The van der Waals surface area contributed by atoms with E-state index in [4.69, 9.17) is 9.84 Å². The highest BCUT2D eigenvalue weighted by Crippen LogP contribution is 2.61. The second-order valence-corrected chi connectivity index (χ2v) is 10.4. The van der Waals surface area contributed by atoms with Crippen LogP contribution in [-0.2, 0) is 31.3 Å². The largest absolute Gasteiger partial charge is 0.493 e. The molecule has 0 radical (unpaired) electrons. The Hall–Kier alpha value is -3.64. The fraction of sp³-hybridized carbons (Fsp3) is 0.292. The molecule has 0 aromatic heterocycles. The first-order chi connectivity index (χ1) is 15.6. The predicted octanol–water partition coefficient (Wildman–Crippen LogP) is 2.82. The molecule has 1 aliphatic carbocycles. The molecule has 0 saturated heterocycles. The standard InChI is InChI=1S/C24H22N2O6S/c1-33(30,31)17-7-8-21-18(12-17)24(9-10-32-21)13-19(24)23(29)26-20-11-15(14-25)5-6-16(20)3-2-4-22(27)28/h2,4-8,11-12,19H,3,9-10,13H2,1H3,(H,26,29)(H,27,28)/t19-,24-/m0/s1. The smallest absolute Gasteiger partial charge is 0.327 e. The number of ether oxygens (including phenoxy) is 1. The van der Waals surface area contributed by atoms with Crippen molar-refractivity contribution in [3.05, 3.63) is 65.2 Å². The van der Waals surface area contributed by atoms with Crippen LogP contribution in [0.15, 0.2) is 53.4 Å². The zero-order valence-electron chi connectivity index (χ0n) is 17.9. The fourth-order valence-corrected chi connectivity index (χ4v) is 5.05. The molecule has 1 spiro atoms. The average molecular weight is 467 g/mol. The molecule has 4 rings (SSSR count). The van der Waals surface area contributed by atoms with Crippen molar-refractivity contribution in [3.8, 4) is 11.8 Å². The number of anilines is 1. The van der Waals surface area contributed by atoms with Gasteiger partial charge in [0.15, 0.2) is 9.84 Å². The summed E-state index contributed by atoms with van der Waals surface area (Å²) in [6, 6.07) is 11.7. The maximum absolute atomic E-state index is 13.2. The number of hydrogen-bond acceptors (Lipinski definition) is 6. The third-order valence-corrected chi connectivity index (χ3v) is 7.32. The van der Waals surface area contributed by atoms with Gasteiger partial charge in [0.2, 0.25) is 5.91 Å².